The van der Waals surface area contributed by atoms with Crippen molar-refractivity contribution in [2.24, 2.45) is 17.3 Å². The third-order valence-corrected chi connectivity index (χ3v) is 6.08. The lowest BCUT2D eigenvalue weighted by Gasteiger charge is -2.49. The molecule has 0 aromatic carbocycles. The van der Waals surface area contributed by atoms with E-state index >= 15 is 0 Å². The predicted octanol–water partition coefficient (Wildman–Crippen LogP) is 0.863. The van der Waals surface area contributed by atoms with Crippen LogP contribution in [-0.4, -0.2) is 38.6 Å². The number of rotatable bonds is 5. The van der Waals surface area contributed by atoms with Gasteiger partial charge in [0.05, 0.1) is 11.9 Å². The summed E-state index contributed by atoms with van der Waals surface area (Å²) in [5.41, 5.74) is -0.491. The van der Waals surface area contributed by atoms with E-state index in [1.54, 1.807) is 0 Å². The number of amides is 1. The van der Waals surface area contributed by atoms with E-state index in [0.29, 0.717) is 19.4 Å². The van der Waals surface area contributed by atoms with E-state index in [4.69, 9.17) is 4.74 Å². The molecule has 0 aromatic rings. The van der Waals surface area contributed by atoms with Gasteiger partial charge in [-0.05, 0) is 31.6 Å². The van der Waals surface area contributed by atoms with Crippen molar-refractivity contribution in [2.45, 2.75) is 46.1 Å². The Bertz CT molecular complexity index is 534. The maximum atomic E-state index is 12.2. The molecule has 1 saturated heterocycles. The summed E-state index contributed by atoms with van der Waals surface area (Å²) in [4.78, 5) is 23.6. The first-order chi connectivity index (χ1) is 9.63. The van der Waals surface area contributed by atoms with E-state index in [1.807, 2.05) is 13.8 Å². The minimum Gasteiger partial charge on any atom is -0.377 e. The number of ether oxygens (including phenoxy) is 1. The van der Waals surface area contributed by atoms with Crippen LogP contribution in [0.4, 0.5) is 0 Å². The van der Waals surface area contributed by atoms with Gasteiger partial charge in [0, 0.05) is 18.4 Å². The highest BCUT2D eigenvalue weighted by Crippen LogP contribution is 2.51. The maximum Gasteiger partial charge on any atom is 0.237 e. The largest absolute Gasteiger partial charge is 0.377 e. The van der Waals surface area contributed by atoms with Crippen LogP contribution in [0.15, 0.2) is 0 Å². The smallest absolute Gasteiger partial charge is 0.237 e. The lowest BCUT2D eigenvalue weighted by molar-refractivity contribution is -0.147. The fourth-order valence-corrected chi connectivity index (χ4v) is 4.63. The van der Waals surface area contributed by atoms with Gasteiger partial charge in [-0.1, -0.05) is 13.8 Å². The zero-order valence-electron chi connectivity index (χ0n) is 12.7. The third-order valence-electron chi connectivity index (χ3n) is 4.76. The summed E-state index contributed by atoms with van der Waals surface area (Å²) in [5.74, 6) is -1.25. The monoisotopic (exact) mass is 317 g/mol. The van der Waals surface area contributed by atoms with E-state index in [-0.39, 0.29) is 23.6 Å². The standard InChI is InChI=1S/C14H23NO5S/c1-9(16)11-7-12(14(11,2)3)13(17)15-21(18,19)8-10-5-4-6-20-10/h10-12H,4-8H2,1-3H3,(H,15,17)/t10?,11-,12+/m0/s1. The van der Waals surface area contributed by atoms with Gasteiger partial charge in [0.15, 0.2) is 0 Å². The van der Waals surface area contributed by atoms with Gasteiger partial charge in [0.25, 0.3) is 0 Å². The van der Waals surface area contributed by atoms with Crippen molar-refractivity contribution in [3.63, 3.8) is 0 Å². The van der Waals surface area contributed by atoms with Crippen molar-refractivity contribution in [3.05, 3.63) is 0 Å². The molecule has 1 unspecified atom stereocenters. The second kappa shape index (κ2) is 5.68. The van der Waals surface area contributed by atoms with Crippen molar-refractivity contribution in [2.75, 3.05) is 12.4 Å². The number of nitrogens with one attached hydrogen (secondary N) is 1. The van der Waals surface area contributed by atoms with Gasteiger partial charge in [-0.25, -0.2) is 8.42 Å². The van der Waals surface area contributed by atoms with Crippen molar-refractivity contribution in [1.29, 1.82) is 0 Å². The first-order valence-corrected chi connectivity index (χ1v) is 8.95. The Morgan fingerprint density at radius 3 is 2.43 bits per heavy atom. The highest BCUT2D eigenvalue weighted by atomic mass is 32.2. The van der Waals surface area contributed by atoms with E-state index in [2.05, 4.69) is 4.72 Å². The second-order valence-electron chi connectivity index (χ2n) is 6.66. The Morgan fingerprint density at radius 1 is 1.29 bits per heavy atom. The van der Waals surface area contributed by atoms with Crippen LogP contribution in [0.2, 0.25) is 0 Å². The zero-order valence-corrected chi connectivity index (χ0v) is 13.5. The lowest BCUT2D eigenvalue weighted by atomic mass is 9.53. The number of carbonyl (C=O) groups is 2. The van der Waals surface area contributed by atoms with Crippen molar-refractivity contribution >= 4 is 21.7 Å². The normalized spacial score (nSPS) is 31.5. The highest BCUT2D eigenvalue weighted by Gasteiger charge is 2.54. The highest BCUT2D eigenvalue weighted by molar-refractivity contribution is 7.90. The van der Waals surface area contributed by atoms with Crippen molar-refractivity contribution in [1.82, 2.24) is 4.72 Å². The molecule has 1 heterocycles. The summed E-state index contributed by atoms with van der Waals surface area (Å²) in [7, 11) is -3.68. The van der Waals surface area contributed by atoms with Gasteiger partial charge in [-0.2, -0.15) is 0 Å². The minimum atomic E-state index is -3.68. The van der Waals surface area contributed by atoms with E-state index < -0.39 is 27.3 Å². The molecule has 2 fully saturated rings. The Labute approximate surface area is 125 Å². The number of sulfonamides is 1. The van der Waals surface area contributed by atoms with Crippen LogP contribution in [0.1, 0.15) is 40.0 Å². The number of hydrogen-bond donors (Lipinski definition) is 1. The third kappa shape index (κ3) is 3.45. The average molecular weight is 317 g/mol. The molecule has 0 radical (unpaired) electrons. The van der Waals surface area contributed by atoms with E-state index in [9.17, 15) is 18.0 Å². The van der Waals surface area contributed by atoms with Crippen LogP contribution < -0.4 is 4.72 Å². The van der Waals surface area contributed by atoms with Crippen LogP contribution in [0.5, 0.6) is 0 Å². The molecule has 7 heteroatoms. The first kappa shape index (κ1) is 16.4. The van der Waals surface area contributed by atoms with Gasteiger partial charge in [-0.3, -0.25) is 14.3 Å². The topological polar surface area (TPSA) is 89.5 Å². The summed E-state index contributed by atoms with van der Waals surface area (Å²) in [6.07, 6.45) is 1.65. The van der Waals surface area contributed by atoms with Crippen LogP contribution in [0.25, 0.3) is 0 Å². The molecule has 2 aliphatic rings. The fourth-order valence-electron chi connectivity index (χ4n) is 3.35. The minimum absolute atomic E-state index is 0.0475. The van der Waals surface area contributed by atoms with Gasteiger partial charge in [-0.15, -0.1) is 0 Å². The molecule has 21 heavy (non-hydrogen) atoms. The maximum absolute atomic E-state index is 12.2. The van der Waals surface area contributed by atoms with Crippen molar-refractivity contribution < 1.29 is 22.7 Å². The molecular formula is C14H23NO5S. The van der Waals surface area contributed by atoms with Crippen LogP contribution >= 0.6 is 0 Å². The Kier molecular flexibility index (Phi) is 4.44. The summed E-state index contributed by atoms with van der Waals surface area (Å²) >= 11 is 0. The molecule has 1 aliphatic heterocycles. The molecule has 2 rings (SSSR count). The average Bonchev–Trinajstić information content (AvgIpc) is 2.77. The van der Waals surface area contributed by atoms with Gasteiger partial charge < -0.3 is 4.74 Å². The second-order valence-corrected chi connectivity index (χ2v) is 8.42. The van der Waals surface area contributed by atoms with Crippen LogP contribution in [-0.2, 0) is 24.3 Å². The van der Waals surface area contributed by atoms with Crippen LogP contribution in [0.3, 0.4) is 0 Å². The molecule has 1 aliphatic carbocycles. The first-order valence-electron chi connectivity index (χ1n) is 7.30. The predicted molar refractivity (Wildman–Crippen MR) is 77.0 cm³/mol. The summed E-state index contributed by atoms with van der Waals surface area (Å²) in [6, 6.07) is 0. The fraction of sp³-hybridized carbons (Fsp3) is 0.857. The quantitative estimate of drug-likeness (QED) is 0.812. The number of ketones is 1. The summed E-state index contributed by atoms with van der Waals surface area (Å²) < 4.78 is 31.4. The number of hydrogen-bond acceptors (Lipinski definition) is 5. The van der Waals surface area contributed by atoms with Gasteiger partial charge >= 0.3 is 0 Å². The number of carbonyl (C=O) groups excluding carboxylic acids is 2. The van der Waals surface area contributed by atoms with E-state index in [0.717, 1.165) is 6.42 Å². The molecule has 0 spiro atoms. The molecule has 120 valence electrons. The van der Waals surface area contributed by atoms with Gasteiger partial charge in [0.2, 0.25) is 15.9 Å². The Morgan fingerprint density at radius 2 is 1.95 bits per heavy atom. The summed E-state index contributed by atoms with van der Waals surface area (Å²) in [6.45, 7) is 5.75. The molecule has 1 amide bonds. The van der Waals surface area contributed by atoms with Gasteiger partial charge in [0.1, 0.15) is 5.78 Å². The molecule has 1 N–H and O–H groups in total. The van der Waals surface area contributed by atoms with Crippen LogP contribution in [0, 0.1) is 17.3 Å². The summed E-state index contributed by atoms with van der Waals surface area (Å²) in [5, 5.41) is 0. The molecule has 3 atom stereocenters. The lowest BCUT2D eigenvalue weighted by Crippen LogP contribution is -2.55. The van der Waals surface area contributed by atoms with E-state index in [1.165, 1.54) is 6.92 Å². The Balaban J connectivity index is 1.94. The van der Waals surface area contributed by atoms with Crippen molar-refractivity contribution in [3.8, 4) is 0 Å². The molecule has 0 bridgehead atoms. The SMILES string of the molecule is CC(=O)[C@@H]1C[C@H](C(=O)NS(=O)(=O)CC2CCCO2)C1(C)C. The molecule has 0 aromatic heterocycles. The molecular weight excluding hydrogens is 294 g/mol. The molecule has 1 saturated carbocycles. The zero-order chi connectivity index (χ0) is 15.8. The Hall–Kier alpha value is -0.950. The number of Topliss-reactive ketones (excluding diaryl/α,β-unsaturated/α-hetero) is 1. The molecule has 6 nitrogen and oxygen atoms in total.